The Labute approximate surface area is 113 Å². The van der Waals surface area contributed by atoms with Crippen molar-refractivity contribution in [2.45, 2.75) is 26.8 Å². The van der Waals surface area contributed by atoms with Crippen molar-refractivity contribution in [3.63, 3.8) is 0 Å². The zero-order chi connectivity index (χ0) is 13.4. The molecule has 0 bridgehead atoms. The number of rotatable bonds is 4. The summed E-state index contributed by atoms with van der Waals surface area (Å²) in [5.74, 6) is 1.18. The van der Waals surface area contributed by atoms with Crippen molar-refractivity contribution in [1.82, 2.24) is 4.57 Å². The molecule has 1 aliphatic rings. The number of hydrogen-bond acceptors (Lipinski definition) is 2. The topological polar surface area (TPSA) is 31.2 Å². The van der Waals surface area contributed by atoms with E-state index in [-0.39, 0.29) is 5.97 Å². The van der Waals surface area contributed by atoms with Gasteiger partial charge in [-0.05, 0) is 36.8 Å². The lowest BCUT2D eigenvalue weighted by Crippen LogP contribution is -2.14. The number of esters is 1. The van der Waals surface area contributed by atoms with E-state index in [1.165, 1.54) is 17.4 Å². The summed E-state index contributed by atoms with van der Waals surface area (Å²) in [6.45, 7) is 5.14. The standard InChI is InChI=1S/C16H19NO2/c1-11-7-13(11)10-19-16(18)9-17-8-12(2)14-5-3-4-6-15(14)17/h3-6,8,11,13H,7,9-10H2,1-2H3. The summed E-state index contributed by atoms with van der Waals surface area (Å²) in [5, 5.41) is 1.20. The first-order chi connectivity index (χ1) is 9.15. The smallest absolute Gasteiger partial charge is 0.325 e. The predicted octanol–water partition coefficient (Wildman–Crippen LogP) is 3.15. The molecule has 1 aromatic heterocycles. The van der Waals surface area contributed by atoms with Gasteiger partial charge in [0.05, 0.1) is 6.61 Å². The van der Waals surface area contributed by atoms with Crippen molar-refractivity contribution in [2.24, 2.45) is 11.8 Å². The molecule has 3 rings (SSSR count). The zero-order valence-electron chi connectivity index (χ0n) is 11.4. The molecule has 0 amide bonds. The largest absolute Gasteiger partial charge is 0.464 e. The second-order valence-corrected chi connectivity index (χ2v) is 5.61. The Bertz CT molecular complexity index is 614. The Morgan fingerprint density at radius 1 is 1.42 bits per heavy atom. The van der Waals surface area contributed by atoms with Crippen LogP contribution in [-0.2, 0) is 16.1 Å². The number of benzene rings is 1. The Kier molecular flexibility index (Phi) is 3.05. The summed E-state index contributed by atoms with van der Waals surface area (Å²) in [6, 6.07) is 8.14. The van der Waals surface area contributed by atoms with Gasteiger partial charge in [-0.1, -0.05) is 25.1 Å². The molecule has 2 aromatic rings. The molecule has 100 valence electrons. The molecule has 3 heteroatoms. The van der Waals surface area contributed by atoms with Gasteiger partial charge in [-0.3, -0.25) is 4.79 Å². The number of aromatic nitrogens is 1. The molecule has 2 unspecified atom stereocenters. The average Bonchev–Trinajstić information content (AvgIpc) is 3.02. The van der Waals surface area contributed by atoms with E-state index in [2.05, 4.69) is 19.9 Å². The SMILES string of the molecule is Cc1cn(CC(=O)OCC2CC2C)c2ccccc12. The molecule has 0 N–H and O–H groups in total. The van der Waals surface area contributed by atoms with Gasteiger partial charge in [0.25, 0.3) is 0 Å². The van der Waals surface area contributed by atoms with Crippen LogP contribution in [0.5, 0.6) is 0 Å². The van der Waals surface area contributed by atoms with Crippen molar-refractivity contribution in [1.29, 1.82) is 0 Å². The summed E-state index contributed by atoms with van der Waals surface area (Å²) >= 11 is 0. The number of ether oxygens (including phenoxy) is 1. The van der Waals surface area contributed by atoms with Gasteiger partial charge in [0.1, 0.15) is 6.54 Å². The van der Waals surface area contributed by atoms with Crippen LogP contribution in [0.4, 0.5) is 0 Å². The van der Waals surface area contributed by atoms with Crippen molar-refractivity contribution in [3.8, 4) is 0 Å². The van der Waals surface area contributed by atoms with Gasteiger partial charge in [-0.2, -0.15) is 0 Å². The lowest BCUT2D eigenvalue weighted by atomic mass is 10.2. The average molecular weight is 257 g/mol. The molecule has 1 saturated carbocycles. The summed E-state index contributed by atoms with van der Waals surface area (Å²) in [4.78, 5) is 11.9. The van der Waals surface area contributed by atoms with Crippen molar-refractivity contribution < 1.29 is 9.53 Å². The lowest BCUT2D eigenvalue weighted by Gasteiger charge is -2.06. The quantitative estimate of drug-likeness (QED) is 0.788. The monoisotopic (exact) mass is 257 g/mol. The highest BCUT2D eigenvalue weighted by Gasteiger charge is 2.33. The van der Waals surface area contributed by atoms with Crippen LogP contribution < -0.4 is 0 Å². The van der Waals surface area contributed by atoms with Crippen LogP contribution in [0.15, 0.2) is 30.5 Å². The third-order valence-electron chi connectivity index (χ3n) is 4.02. The number of hydrogen-bond donors (Lipinski definition) is 0. The van der Waals surface area contributed by atoms with Gasteiger partial charge in [0.2, 0.25) is 0 Å². The molecule has 0 radical (unpaired) electrons. The van der Waals surface area contributed by atoms with Gasteiger partial charge in [0, 0.05) is 17.1 Å². The summed E-state index contributed by atoms with van der Waals surface area (Å²) in [6.07, 6.45) is 3.21. The van der Waals surface area contributed by atoms with E-state index < -0.39 is 0 Å². The van der Waals surface area contributed by atoms with E-state index in [9.17, 15) is 4.79 Å². The third-order valence-corrected chi connectivity index (χ3v) is 4.02. The second kappa shape index (κ2) is 4.72. The van der Waals surface area contributed by atoms with E-state index in [4.69, 9.17) is 4.74 Å². The Balaban J connectivity index is 1.69. The van der Waals surface area contributed by atoms with Crippen LogP contribution in [0, 0.1) is 18.8 Å². The number of para-hydroxylation sites is 1. The van der Waals surface area contributed by atoms with Crippen molar-refractivity contribution >= 4 is 16.9 Å². The first-order valence-electron chi connectivity index (χ1n) is 6.85. The number of nitrogens with zero attached hydrogens (tertiary/aromatic N) is 1. The summed E-state index contributed by atoms with van der Waals surface area (Å²) < 4.78 is 7.31. The fourth-order valence-electron chi connectivity index (χ4n) is 2.58. The molecule has 0 spiro atoms. The highest BCUT2D eigenvalue weighted by molar-refractivity contribution is 5.85. The van der Waals surface area contributed by atoms with E-state index in [0.29, 0.717) is 19.1 Å². The maximum Gasteiger partial charge on any atom is 0.325 e. The molecule has 0 saturated heterocycles. The van der Waals surface area contributed by atoms with Gasteiger partial charge >= 0.3 is 5.97 Å². The molecule has 2 atom stereocenters. The Morgan fingerprint density at radius 3 is 2.89 bits per heavy atom. The van der Waals surface area contributed by atoms with Gasteiger partial charge in [-0.15, -0.1) is 0 Å². The van der Waals surface area contributed by atoms with E-state index in [0.717, 1.165) is 11.4 Å². The van der Waals surface area contributed by atoms with E-state index in [1.54, 1.807) is 0 Å². The highest BCUT2D eigenvalue weighted by Crippen LogP contribution is 2.37. The molecule has 3 nitrogen and oxygen atoms in total. The minimum Gasteiger partial charge on any atom is -0.464 e. The van der Waals surface area contributed by atoms with Crippen molar-refractivity contribution in [3.05, 3.63) is 36.0 Å². The Hall–Kier alpha value is -1.77. The fourth-order valence-corrected chi connectivity index (χ4v) is 2.58. The normalized spacial score (nSPS) is 21.6. The van der Waals surface area contributed by atoms with Gasteiger partial charge < -0.3 is 9.30 Å². The van der Waals surface area contributed by atoms with Gasteiger partial charge in [0.15, 0.2) is 0 Å². The predicted molar refractivity (Wildman–Crippen MR) is 74.9 cm³/mol. The summed E-state index contributed by atoms with van der Waals surface area (Å²) in [5.41, 5.74) is 2.29. The Morgan fingerprint density at radius 2 is 2.16 bits per heavy atom. The highest BCUT2D eigenvalue weighted by atomic mass is 16.5. The lowest BCUT2D eigenvalue weighted by molar-refractivity contribution is -0.144. The van der Waals surface area contributed by atoms with Crippen LogP contribution in [0.25, 0.3) is 10.9 Å². The number of fused-ring (bicyclic) bond motifs is 1. The zero-order valence-corrected chi connectivity index (χ0v) is 11.4. The molecular weight excluding hydrogens is 238 g/mol. The molecule has 1 aromatic carbocycles. The van der Waals surface area contributed by atoms with Crippen LogP contribution in [0.3, 0.4) is 0 Å². The molecule has 1 aliphatic carbocycles. The van der Waals surface area contributed by atoms with E-state index >= 15 is 0 Å². The van der Waals surface area contributed by atoms with E-state index in [1.807, 2.05) is 29.0 Å². The molecule has 1 fully saturated rings. The molecular formula is C16H19NO2. The first-order valence-corrected chi connectivity index (χ1v) is 6.85. The number of aryl methyl sites for hydroxylation is 1. The minimum atomic E-state index is -0.139. The van der Waals surface area contributed by atoms with Crippen molar-refractivity contribution in [2.75, 3.05) is 6.61 Å². The number of carbonyl (C=O) groups excluding carboxylic acids is 1. The van der Waals surface area contributed by atoms with Gasteiger partial charge in [-0.25, -0.2) is 0 Å². The third kappa shape index (κ3) is 2.50. The first kappa shape index (κ1) is 12.3. The summed E-state index contributed by atoms with van der Waals surface area (Å²) in [7, 11) is 0. The van der Waals surface area contributed by atoms with Crippen LogP contribution >= 0.6 is 0 Å². The minimum absolute atomic E-state index is 0.139. The fraction of sp³-hybridized carbons (Fsp3) is 0.438. The maximum absolute atomic E-state index is 11.9. The van der Waals surface area contributed by atoms with Crippen LogP contribution in [0.2, 0.25) is 0 Å². The van der Waals surface area contributed by atoms with Crippen LogP contribution in [-0.4, -0.2) is 17.1 Å². The second-order valence-electron chi connectivity index (χ2n) is 5.61. The molecule has 1 heterocycles. The van der Waals surface area contributed by atoms with Crippen LogP contribution in [0.1, 0.15) is 18.9 Å². The molecule has 0 aliphatic heterocycles. The molecule has 19 heavy (non-hydrogen) atoms. The number of carbonyl (C=O) groups is 1. The maximum atomic E-state index is 11.9.